The Balaban J connectivity index is -0.000000320. The molecule has 0 spiro atoms. The van der Waals surface area contributed by atoms with E-state index in [9.17, 15) is 0 Å². The van der Waals surface area contributed by atoms with Crippen molar-refractivity contribution in [3.8, 4) is 0 Å². The molecule has 1 nitrogen and oxygen atoms in total. The molecule has 0 bridgehead atoms. The summed E-state index contributed by atoms with van der Waals surface area (Å²) in [5.41, 5.74) is 0. The van der Waals surface area contributed by atoms with E-state index in [1.54, 1.807) is 0 Å². The Morgan fingerprint density at radius 3 is 2.09 bits per heavy atom. The SMILES string of the molecule is [CH2-]CC(C[CH-]O)[C-](C)C.[CH3-].[Ce+4]. The molecule has 0 fully saturated rings. The van der Waals surface area contributed by atoms with Crippen molar-refractivity contribution in [2.45, 2.75) is 26.7 Å². The Kier molecular flexibility index (Phi) is 18.7. The first-order chi connectivity index (χ1) is 4.22. The van der Waals surface area contributed by atoms with Gasteiger partial charge in [-0.2, -0.15) is 20.3 Å². The molecule has 0 aliphatic carbocycles. The number of hydrogen-bond acceptors (Lipinski definition) is 1. The number of rotatable bonds is 4. The molecule has 0 aliphatic rings. The Morgan fingerprint density at radius 1 is 1.55 bits per heavy atom. The van der Waals surface area contributed by atoms with E-state index in [0.29, 0.717) is 5.92 Å². The van der Waals surface area contributed by atoms with Gasteiger partial charge in [0, 0.05) is 0 Å². The third-order valence-corrected chi connectivity index (χ3v) is 1.55. The largest absolute Gasteiger partial charge is 4.00 e. The van der Waals surface area contributed by atoms with Crippen LogP contribution in [0.5, 0.6) is 0 Å². The van der Waals surface area contributed by atoms with Crippen molar-refractivity contribution >= 4 is 0 Å². The second-order valence-electron chi connectivity index (χ2n) is 2.48. The zero-order chi connectivity index (χ0) is 7.28. The maximum Gasteiger partial charge on any atom is 4.00 e. The van der Waals surface area contributed by atoms with Gasteiger partial charge in [-0.3, -0.25) is 0 Å². The van der Waals surface area contributed by atoms with Gasteiger partial charge in [0.05, 0.1) is 0 Å². The van der Waals surface area contributed by atoms with E-state index < -0.39 is 0 Å². The smallest absolute Gasteiger partial charge is 0.566 e. The molecule has 1 atom stereocenters. The minimum absolute atomic E-state index is 0. The first-order valence-electron chi connectivity index (χ1n) is 3.27. The topological polar surface area (TPSA) is 20.2 Å². The van der Waals surface area contributed by atoms with Crippen molar-refractivity contribution in [1.82, 2.24) is 0 Å². The van der Waals surface area contributed by atoms with E-state index in [0.717, 1.165) is 12.8 Å². The Bertz CT molecular complexity index is 64.6. The molecule has 0 saturated carbocycles. The summed E-state index contributed by atoms with van der Waals surface area (Å²) in [5.74, 6) is 1.81. The van der Waals surface area contributed by atoms with Gasteiger partial charge < -0.3 is 25.4 Å². The molecular formula is C9H18CeO. The Morgan fingerprint density at radius 2 is 2.00 bits per heavy atom. The molecule has 0 aromatic heterocycles. The molecule has 0 aromatic rings. The monoisotopic (exact) mass is 282 g/mol. The summed E-state index contributed by atoms with van der Waals surface area (Å²) in [6, 6.07) is 0. The summed E-state index contributed by atoms with van der Waals surface area (Å²) in [7, 11) is 0. The minimum Gasteiger partial charge on any atom is -0.566 e. The molecule has 0 rings (SSSR count). The zero-order valence-corrected chi connectivity index (χ0v) is 10.9. The fourth-order valence-electron chi connectivity index (χ4n) is 0.769. The summed E-state index contributed by atoms with van der Waals surface area (Å²) in [5, 5.41) is 8.45. The molecular weight excluding hydrogens is 264 g/mol. The number of aliphatic hydroxyl groups excluding tert-OH is 1. The summed E-state index contributed by atoms with van der Waals surface area (Å²) in [6.45, 7) is 9.12. The molecule has 64 valence electrons. The van der Waals surface area contributed by atoms with Crippen molar-refractivity contribution in [1.29, 1.82) is 0 Å². The second kappa shape index (κ2) is 11.3. The van der Waals surface area contributed by atoms with Gasteiger partial charge in [-0.25, -0.2) is 18.9 Å². The summed E-state index contributed by atoms with van der Waals surface area (Å²) in [6.07, 6.45) is 1.62. The molecule has 1 N–H and O–H groups in total. The van der Waals surface area contributed by atoms with Gasteiger partial charge >= 0.3 is 41.7 Å². The van der Waals surface area contributed by atoms with Crippen LogP contribution in [0.4, 0.5) is 0 Å². The number of aliphatic hydroxyl groups is 1. The number of hydrogen-bond donors (Lipinski definition) is 1. The molecule has 1 unspecified atom stereocenters. The van der Waals surface area contributed by atoms with Crippen LogP contribution in [0.1, 0.15) is 26.7 Å². The summed E-state index contributed by atoms with van der Waals surface area (Å²) < 4.78 is 0. The Labute approximate surface area is 105 Å². The summed E-state index contributed by atoms with van der Waals surface area (Å²) in [4.78, 5) is 0. The van der Waals surface area contributed by atoms with Crippen molar-refractivity contribution in [2.24, 2.45) is 5.92 Å². The van der Waals surface area contributed by atoms with Gasteiger partial charge in [0.25, 0.3) is 0 Å². The molecule has 0 aliphatic heterocycles. The van der Waals surface area contributed by atoms with Crippen LogP contribution in [0.15, 0.2) is 0 Å². The van der Waals surface area contributed by atoms with E-state index in [-0.39, 0.29) is 49.2 Å². The van der Waals surface area contributed by atoms with Crippen molar-refractivity contribution < 1.29 is 46.9 Å². The predicted molar refractivity (Wildman–Crippen MR) is 45.3 cm³/mol. The van der Waals surface area contributed by atoms with Gasteiger partial charge in [-0.1, -0.05) is 0 Å². The first-order valence-corrected chi connectivity index (χ1v) is 3.27. The maximum absolute atomic E-state index is 8.45. The fraction of sp³-hybridized carbons (Fsp3) is 0.556. The molecule has 0 saturated heterocycles. The van der Waals surface area contributed by atoms with Crippen LogP contribution in [-0.2, 0) is 0 Å². The molecule has 11 heavy (non-hydrogen) atoms. The molecule has 0 aromatic carbocycles. The van der Waals surface area contributed by atoms with Crippen LogP contribution >= 0.6 is 0 Å². The second-order valence-corrected chi connectivity index (χ2v) is 2.48. The molecule has 0 heterocycles. The average Bonchev–Trinajstić information content (AvgIpc) is 1.82. The van der Waals surface area contributed by atoms with Crippen LogP contribution in [0.3, 0.4) is 0 Å². The van der Waals surface area contributed by atoms with E-state index in [1.807, 2.05) is 0 Å². The average molecular weight is 282 g/mol. The third kappa shape index (κ3) is 9.25. The summed E-state index contributed by atoms with van der Waals surface area (Å²) >= 11 is 0. The van der Waals surface area contributed by atoms with Crippen molar-refractivity contribution in [3.63, 3.8) is 0 Å². The standard InChI is InChI=1S/C8H15O.CH3.Ce/c1-4-8(5-6-9)7(2)3;;/h6,8-9H,1,4-5H2,2-3H3;1H3;/q-3;-1;+4. The fourth-order valence-corrected chi connectivity index (χ4v) is 0.769. The van der Waals surface area contributed by atoms with Gasteiger partial charge in [-0.05, 0) is 0 Å². The van der Waals surface area contributed by atoms with Crippen LogP contribution in [0.25, 0.3) is 0 Å². The van der Waals surface area contributed by atoms with Gasteiger partial charge in [0.1, 0.15) is 0 Å². The van der Waals surface area contributed by atoms with Crippen LogP contribution < -0.4 is 0 Å². The minimum atomic E-state index is 0. The van der Waals surface area contributed by atoms with Gasteiger partial charge in [0.2, 0.25) is 0 Å². The van der Waals surface area contributed by atoms with Gasteiger partial charge in [-0.15, -0.1) is 0 Å². The van der Waals surface area contributed by atoms with E-state index in [4.69, 9.17) is 5.11 Å². The first kappa shape index (κ1) is 18.2. The normalized spacial score (nSPS) is 11.7. The van der Waals surface area contributed by atoms with Crippen molar-refractivity contribution in [3.05, 3.63) is 26.9 Å². The van der Waals surface area contributed by atoms with Crippen LogP contribution in [0, 0.1) is 74.5 Å². The Hall–Kier alpha value is 1.34. The maximum atomic E-state index is 8.45. The van der Waals surface area contributed by atoms with Crippen LogP contribution in [-0.4, -0.2) is 5.11 Å². The van der Waals surface area contributed by atoms with E-state index in [2.05, 4.69) is 20.8 Å². The molecule has 2 heteroatoms. The van der Waals surface area contributed by atoms with E-state index >= 15 is 0 Å². The molecule has 0 amide bonds. The zero-order valence-electron chi connectivity index (χ0n) is 7.72. The van der Waals surface area contributed by atoms with Crippen LogP contribution in [0.2, 0.25) is 0 Å². The van der Waals surface area contributed by atoms with E-state index in [1.165, 1.54) is 12.5 Å². The third-order valence-electron chi connectivity index (χ3n) is 1.55. The molecule has 0 radical (unpaired) electrons. The van der Waals surface area contributed by atoms with Gasteiger partial charge in [0.15, 0.2) is 0 Å². The quantitative estimate of drug-likeness (QED) is 0.786. The van der Waals surface area contributed by atoms with Crippen molar-refractivity contribution in [2.75, 3.05) is 0 Å². The predicted octanol–water partition coefficient (Wildman–Crippen LogP) is 2.82.